The number of hydrogen-bond acceptors (Lipinski definition) is 3. The minimum atomic E-state index is -2.26. The molecule has 5 rings (SSSR count). The van der Waals surface area contributed by atoms with E-state index in [2.05, 4.69) is 15.0 Å². The predicted molar refractivity (Wildman–Crippen MR) is 124 cm³/mol. The van der Waals surface area contributed by atoms with Crippen LogP contribution in [0, 0.1) is 53.5 Å². The van der Waals surface area contributed by atoms with Gasteiger partial charge >= 0.3 is 0 Å². The summed E-state index contributed by atoms with van der Waals surface area (Å²) in [6, 6.07) is 6.16. The van der Waals surface area contributed by atoms with Crippen molar-refractivity contribution in [2.45, 2.75) is 13.3 Å². The molecule has 0 aliphatic heterocycles. The molecule has 198 valence electrons. The maximum Gasteiger partial charge on any atom is 0.186 e. The van der Waals surface area contributed by atoms with Gasteiger partial charge in [0.25, 0.3) is 0 Å². The van der Waals surface area contributed by atoms with E-state index in [1.165, 1.54) is 24.5 Å². The van der Waals surface area contributed by atoms with Gasteiger partial charge < -0.3 is 4.57 Å². The van der Waals surface area contributed by atoms with Crippen LogP contribution < -0.4 is 0 Å². The zero-order chi connectivity index (χ0) is 28.0. The normalized spacial score (nSPS) is 11.3. The molecule has 0 saturated heterocycles. The fraction of sp³-hybridized carbons (Fsp3) is 0.0741. The van der Waals surface area contributed by atoms with Gasteiger partial charge in [-0.1, -0.05) is 0 Å². The summed E-state index contributed by atoms with van der Waals surface area (Å²) in [7, 11) is 0. The van der Waals surface area contributed by atoms with Crippen molar-refractivity contribution in [1.82, 2.24) is 19.5 Å². The molecule has 2 aromatic carbocycles. The van der Waals surface area contributed by atoms with Crippen LogP contribution in [0.25, 0.3) is 28.2 Å². The molecule has 0 amide bonds. The molecule has 4 nitrogen and oxygen atoms in total. The summed E-state index contributed by atoms with van der Waals surface area (Å²) >= 11 is 0. The second-order valence-electron chi connectivity index (χ2n) is 8.50. The number of aromatic nitrogens is 4. The van der Waals surface area contributed by atoms with Gasteiger partial charge in [-0.15, -0.1) is 0 Å². The van der Waals surface area contributed by atoms with Crippen molar-refractivity contribution in [2.75, 3.05) is 0 Å². The molecule has 0 aliphatic carbocycles. The number of imidazole rings is 1. The van der Waals surface area contributed by atoms with Crippen LogP contribution in [0.2, 0.25) is 0 Å². The van der Waals surface area contributed by atoms with E-state index in [0.717, 1.165) is 24.3 Å². The Morgan fingerprint density at radius 3 is 1.72 bits per heavy atom. The van der Waals surface area contributed by atoms with Crippen LogP contribution in [0.4, 0.5) is 35.1 Å². The third-order valence-electron chi connectivity index (χ3n) is 5.99. The highest BCUT2D eigenvalue weighted by Crippen LogP contribution is 2.39. The van der Waals surface area contributed by atoms with Gasteiger partial charge in [-0.25, -0.2) is 40.1 Å². The fourth-order valence-corrected chi connectivity index (χ4v) is 4.11. The minimum absolute atomic E-state index is 0.173. The maximum absolute atomic E-state index is 15.1. The van der Waals surface area contributed by atoms with Gasteiger partial charge in [0.1, 0.15) is 5.69 Å². The van der Waals surface area contributed by atoms with Crippen molar-refractivity contribution in [2.24, 2.45) is 0 Å². The Labute approximate surface area is 215 Å². The fourth-order valence-electron chi connectivity index (χ4n) is 4.11. The van der Waals surface area contributed by atoms with E-state index in [1.54, 1.807) is 12.1 Å². The Hall–Kier alpha value is -4.61. The quantitative estimate of drug-likeness (QED) is 0.176. The topological polar surface area (TPSA) is 43.6 Å². The van der Waals surface area contributed by atoms with Gasteiger partial charge in [-0.3, -0.25) is 9.97 Å². The first-order chi connectivity index (χ1) is 18.6. The molecule has 0 bridgehead atoms. The third kappa shape index (κ3) is 4.41. The van der Waals surface area contributed by atoms with E-state index in [9.17, 15) is 17.6 Å². The Morgan fingerprint density at radius 2 is 1.18 bits per heavy atom. The number of halogens is 8. The van der Waals surface area contributed by atoms with Crippen LogP contribution in [-0.4, -0.2) is 19.5 Å². The van der Waals surface area contributed by atoms with E-state index >= 15 is 17.6 Å². The Balaban J connectivity index is 1.62. The molecule has 12 heteroatoms. The molecule has 0 spiro atoms. The molecule has 3 aromatic heterocycles. The van der Waals surface area contributed by atoms with Crippen LogP contribution in [0.1, 0.15) is 16.7 Å². The smallest absolute Gasteiger partial charge is 0.186 e. The van der Waals surface area contributed by atoms with E-state index in [0.29, 0.717) is 16.0 Å². The first kappa shape index (κ1) is 26.0. The van der Waals surface area contributed by atoms with E-state index < -0.39 is 75.3 Å². The van der Waals surface area contributed by atoms with Gasteiger partial charge in [-0.2, -0.15) is 0 Å². The summed E-state index contributed by atoms with van der Waals surface area (Å²) in [6.45, 7) is 1.81. The number of pyridine rings is 2. The number of aryl methyl sites for hydroxylation is 1. The highest BCUT2D eigenvalue weighted by molar-refractivity contribution is 5.69. The van der Waals surface area contributed by atoms with Gasteiger partial charge in [0.2, 0.25) is 0 Å². The summed E-state index contributed by atoms with van der Waals surface area (Å²) in [5.74, 6) is -17.1. The highest BCUT2D eigenvalue weighted by Gasteiger charge is 2.34. The van der Waals surface area contributed by atoms with Gasteiger partial charge in [-0.05, 0) is 42.3 Å². The highest BCUT2D eigenvalue weighted by atomic mass is 19.2. The van der Waals surface area contributed by atoms with E-state index in [-0.39, 0.29) is 5.56 Å². The van der Waals surface area contributed by atoms with E-state index in [4.69, 9.17) is 0 Å². The molecule has 39 heavy (non-hydrogen) atoms. The Bertz CT molecular complexity index is 1680. The van der Waals surface area contributed by atoms with Crippen LogP contribution in [0.3, 0.4) is 0 Å². The molecular formula is C27H14F8N4. The summed E-state index contributed by atoms with van der Waals surface area (Å²) in [6.07, 6.45) is 4.94. The lowest BCUT2D eigenvalue weighted by Gasteiger charge is -2.16. The van der Waals surface area contributed by atoms with E-state index in [1.807, 2.05) is 6.92 Å². The third-order valence-corrected chi connectivity index (χ3v) is 5.99. The summed E-state index contributed by atoms with van der Waals surface area (Å²) < 4.78 is 120. The van der Waals surface area contributed by atoms with Crippen LogP contribution in [-0.2, 0) is 6.42 Å². The molecule has 3 heterocycles. The average molecular weight is 546 g/mol. The number of hydrogen-bond donors (Lipinski definition) is 0. The van der Waals surface area contributed by atoms with Crippen molar-refractivity contribution >= 4 is 0 Å². The first-order valence-corrected chi connectivity index (χ1v) is 11.2. The standard InChI is InChI=1S/C27H14F8N4/c1-12-2-4-37-15(8-12)16-10-13(3-5-38-16)9-14-19(28)21(30)17(22(31)20(14)29)18-23(32)25(34)27(26(35)24(18)33)39-7-6-36-11-39/h2-8,10-11H,9H2,1H3. The number of benzene rings is 2. The lowest BCUT2D eigenvalue weighted by Crippen LogP contribution is -2.12. The second kappa shape index (κ2) is 9.93. The SMILES string of the molecule is Cc1ccnc(-c2cc(Cc3c(F)c(F)c(-c4c(F)c(F)c(-n5ccnc5)c(F)c4F)c(F)c3F)ccn2)c1. The largest absolute Gasteiger partial charge is 0.301 e. The molecule has 0 atom stereocenters. The molecule has 0 unspecified atom stereocenters. The van der Waals surface area contributed by atoms with Gasteiger partial charge in [0.15, 0.2) is 46.5 Å². The van der Waals surface area contributed by atoms with Gasteiger partial charge in [0, 0.05) is 36.8 Å². The summed E-state index contributed by atoms with van der Waals surface area (Å²) in [5, 5.41) is 0. The minimum Gasteiger partial charge on any atom is -0.301 e. The van der Waals surface area contributed by atoms with Crippen molar-refractivity contribution in [3.8, 4) is 28.2 Å². The number of nitrogens with zero attached hydrogens (tertiary/aromatic N) is 4. The monoisotopic (exact) mass is 546 g/mol. The lowest BCUT2D eigenvalue weighted by atomic mass is 9.96. The summed E-state index contributed by atoms with van der Waals surface area (Å²) in [4.78, 5) is 11.8. The Kier molecular flexibility index (Phi) is 6.62. The van der Waals surface area contributed by atoms with Crippen molar-refractivity contribution in [3.05, 3.63) is 119 Å². The lowest BCUT2D eigenvalue weighted by molar-refractivity contribution is 0.433. The van der Waals surface area contributed by atoms with Gasteiger partial charge in [0.05, 0.1) is 28.8 Å². The maximum atomic E-state index is 15.1. The first-order valence-electron chi connectivity index (χ1n) is 11.2. The average Bonchev–Trinajstić information content (AvgIpc) is 3.45. The Morgan fingerprint density at radius 1 is 0.641 bits per heavy atom. The second-order valence-corrected chi connectivity index (χ2v) is 8.50. The molecule has 0 radical (unpaired) electrons. The van der Waals surface area contributed by atoms with Crippen LogP contribution in [0.5, 0.6) is 0 Å². The van der Waals surface area contributed by atoms with Crippen LogP contribution >= 0.6 is 0 Å². The molecule has 0 saturated carbocycles. The van der Waals surface area contributed by atoms with Crippen LogP contribution in [0.15, 0.2) is 55.4 Å². The van der Waals surface area contributed by atoms with Crippen molar-refractivity contribution in [1.29, 1.82) is 0 Å². The molecule has 0 fully saturated rings. The summed E-state index contributed by atoms with van der Waals surface area (Å²) in [5.41, 5.74) is -4.49. The zero-order valence-electron chi connectivity index (χ0n) is 19.7. The molecular weight excluding hydrogens is 532 g/mol. The number of rotatable bonds is 5. The molecule has 0 N–H and O–H groups in total. The van der Waals surface area contributed by atoms with Crippen molar-refractivity contribution < 1.29 is 35.1 Å². The molecule has 5 aromatic rings. The zero-order valence-corrected chi connectivity index (χ0v) is 19.7. The van der Waals surface area contributed by atoms with Crippen molar-refractivity contribution in [3.63, 3.8) is 0 Å². The predicted octanol–water partition coefficient (Wildman–Crippen LogP) is 7.01. The molecule has 0 aliphatic rings.